The van der Waals surface area contributed by atoms with Gasteiger partial charge in [-0.3, -0.25) is 9.59 Å². The van der Waals surface area contributed by atoms with Crippen LogP contribution in [0.15, 0.2) is 61.1 Å². The summed E-state index contributed by atoms with van der Waals surface area (Å²) in [6, 6.07) is 15.7. The number of nitrogens with one attached hydrogen (secondary N) is 1. The SMILES string of the molecule is CCCOC1(c2ccccc2C)CN(C(=O)[C@H](Cc2ccc(OC)cc2)C(Cc2cnc[nH]2)C(N)=O)C1. The average molecular weight is 505 g/mol. The predicted octanol–water partition coefficient (Wildman–Crippen LogP) is 3.39. The number of ether oxygens (including phenoxy) is 2. The van der Waals surface area contributed by atoms with Gasteiger partial charge in [-0.25, -0.2) is 4.98 Å². The number of H-pyrrole nitrogens is 1. The Morgan fingerprint density at radius 1 is 1.11 bits per heavy atom. The fourth-order valence-corrected chi connectivity index (χ4v) is 5.17. The van der Waals surface area contributed by atoms with Gasteiger partial charge in [-0.2, -0.15) is 0 Å². The lowest BCUT2D eigenvalue weighted by atomic mass is 9.78. The van der Waals surface area contributed by atoms with Crippen molar-refractivity contribution in [2.75, 3.05) is 26.8 Å². The fraction of sp³-hybridized carbons (Fsp3) is 0.414. The Hall–Kier alpha value is -3.65. The van der Waals surface area contributed by atoms with Crippen LogP contribution in [0.5, 0.6) is 5.75 Å². The number of amides is 2. The van der Waals surface area contributed by atoms with Crippen molar-refractivity contribution in [2.45, 2.75) is 38.7 Å². The number of aromatic nitrogens is 2. The summed E-state index contributed by atoms with van der Waals surface area (Å²) >= 11 is 0. The molecule has 1 saturated heterocycles. The van der Waals surface area contributed by atoms with Crippen molar-refractivity contribution in [1.82, 2.24) is 14.9 Å². The first kappa shape index (κ1) is 26.4. The lowest BCUT2D eigenvalue weighted by Crippen LogP contribution is -2.64. The zero-order valence-electron chi connectivity index (χ0n) is 21.8. The van der Waals surface area contributed by atoms with Gasteiger partial charge in [-0.15, -0.1) is 0 Å². The molecule has 37 heavy (non-hydrogen) atoms. The van der Waals surface area contributed by atoms with E-state index in [4.69, 9.17) is 15.2 Å². The number of benzene rings is 2. The largest absolute Gasteiger partial charge is 0.497 e. The molecule has 8 heteroatoms. The van der Waals surface area contributed by atoms with Crippen LogP contribution in [0.4, 0.5) is 0 Å². The molecular weight excluding hydrogens is 468 g/mol. The van der Waals surface area contributed by atoms with Gasteiger partial charge in [0.15, 0.2) is 0 Å². The third kappa shape index (κ3) is 5.85. The highest BCUT2D eigenvalue weighted by Crippen LogP contribution is 2.39. The molecule has 2 aromatic carbocycles. The van der Waals surface area contributed by atoms with Crippen molar-refractivity contribution < 1.29 is 19.1 Å². The van der Waals surface area contributed by atoms with Crippen LogP contribution in [0, 0.1) is 18.8 Å². The second-order valence-corrected chi connectivity index (χ2v) is 9.80. The van der Waals surface area contributed by atoms with Crippen LogP contribution in [-0.2, 0) is 32.8 Å². The Kier molecular flexibility index (Phi) is 8.28. The number of nitrogens with zero attached hydrogens (tertiary/aromatic N) is 2. The monoisotopic (exact) mass is 504 g/mol. The maximum absolute atomic E-state index is 14.0. The normalized spacial score (nSPS) is 16.0. The van der Waals surface area contributed by atoms with Gasteiger partial charge in [0.05, 0.1) is 38.4 Å². The summed E-state index contributed by atoms with van der Waals surface area (Å²) in [5, 5.41) is 0. The predicted molar refractivity (Wildman–Crippen MR) is 141 cm³/mol. The first-order valence-corrected chi connectivity index (χ1v) is 12.7. The number of methoxy groups -OCH3 is 1. The standard InChI is InChI=1S/C29H36N4O4/c1-4-13-37-29(26-8-6-5-7-20(26)2)17-33(18-29)28(35)25(14-21-9-11-23(36-3)12-10-21)24(27(30)34)15-22-16-31-19-32-22/h5-12,16,19,24-25H,4,13-15,17-18H2,1-3H3,(H2,30,34)(H,31,32)/t24?,25-/m1/s1. The van der Waals surface area contributed by atoms with Gasteiger partial charge in [-0.05, 0) is 48.6 Å². The van der Waals surface area contributed by atoms with E-state index in [9.17, 15) is 9.59 Å². The molecule has 0 aliphatic carbocycles. The van der Waals surface area contributed by atoms with Crippen molar-refractivity contribution in [3.05, 3.63) is 83.4 Å². The van der Waals surface area contributed by atoms with E-state index in [-0.39, 0.29) is 5.91 Å². The van der Waals surface area contributed by atoms with E-state index in [0.717, 1.165) is 34.6 Å². The summed E-state index contributed by atoms with van der Waals surface area (Å²) in [4.78, 5) is 35.6. The first-order valence-electron chi connectivity index (χ1n) is 12.7. The zero-order valence-corrected chi connectivity index (χ0v) is 21.8. The Morgan fingerprint density at radius 3 is 2.43 bits per heavy atom. The second kappa shape index (κ2) is 11.6. The van der Waals surface area contributed by atoms with Crippen LogP contribution in [0.2, 0.25) is 0 Å². The summed E-state index contributed by atoms with van der Waals surface area (Å²) < 4.78 is 11.6. The Morgan fingerprint density at radius 2 is 1.84 bits per heavy atom. The van der Waals surface area contributed by atoms with E-state index in [1.165, 1.54) is 0 Å². The highest BCUT2D eigenvalue weighted by atomic mass is 16.5. The molecule has 1 aromatic heterocycles. The minimum absolute atomic E-state index is 0.0940. The molecule has 0 spiro atoms. The number of rotatable bonds is 12. The molecule has 1 fully saturated rings. The molecule has 3 N–H and O–H groups in total. The molecule has 0 saturated carbocycles. The quantitative estimate of drug-likeness (QED) is 0.393. The van der Waals surface area contributed by atoms with Crippen LogP contribution >= 0.6 is 0 Å². The summed E-state index contributed by atoms with van der Waals surface area (Å²) in [7, 11) is 1.61. The lowest BCUT2D eigenvalue weighted by molar-refractivity contribution is -0.178. The van der Waals surface area contributed by atoms with Crippen molar-refractivity contribution in [3.8, 4) is 5.75 Å². The van der Waals surface area contributed by atoms with Crippen LogP contribution in [0.3, 0.4) is 0 Å². The smallest absolute Gasteiger partial charge is 0.227 e. The Bertz CT molecular complexity index is 1190. The van der Waals surface area contributed by atoms with Crippen molar-refractivity contribution >= 4 is 11.8 Å². The van der Waals surface area contributed by atoms with Gasteiger partial charge < -0.3 is 25.1 Å². The summed E-state index contributed by atoms with van der Waals surface area (Å²) in [6.45, 7) is 5.62. The third-order valence-electron chi connectivity index (χ3n) is 7.20. The summed E-state index contributed by atoms with van der Waals surface area (Å²) in [5.74, 6) is -1.19. The molecule has 196 valence electrons. The molecule has 8 nitrogen and oxygen atoms in total. The number of likely N-dealkylation sites (tertiary alicyclic amines) is 1. The van der Waals surface area contributed by atoms with Gasteiger partial charge in [0.2, 0.25) is 11.8 Å². The zero-order chi connectivity index (χ0) is 26.4. The molecule has 0 radical (unpaired) electrons. The lowest BCUT2D eigenvalue weighted by Gasteiger charge is -2.51. The van der Waals surface area contributed by atoms with E-state index in [2.05, 4.69) is 35.9 Å². The average Bonchev–Trinajstić information content (AvgIpc) is 3.39. The molecule has 2 heterocycles. The maximum Gasteiger partial charge on any atom is 0.227 e. The number of carbonyl (C=O) groups is 2. The van der Waals surface area contributed by atoms with Gasteiger partial charge in [0, 0.05) is 24.9 Å². The number of hydrogen-bond donors (Lipinski definition) is 2. The number of aryl methyl sites for hydroxylation is 1. The molecule has 1 aliphatic rings. The van der Waals surface area contributed by atoms with Crippen LogP contribution in [0.1, 0.15) is 35.7 Å². The van der Waals surface area contributed by atoms with E-state index in [0.29, 0.717) is 32.5 Å². The number of primary amides is 1. The Balaban J connectivity index is 1.61. The fourth-order valence-electron chi connectivity index (χ4n) is 5.17. The minimum atomic E-state index is -0.694. The van der Waals surface area contributed by atoms with Crippen molar-refractivity contribution in [2.24, 2.45) is 17.6 Å². The van der Waals surface area contributed by atoms with E-state index in [1.807, 2.05) is 36.4 Å². The minimum Gasteiger partial charge on any atom is -0.497 e. The van der Waals surface area contributed by atoms with Crippen LogP contribution in [0.25, 0.3) is 0 Å². The molecule has 3 aromatic rings. The second-order valence-electron chi connectivity index (χ2n) is 9.80. The van der Waals surface area contributed by atoms with E-state index in [1.54, 1.807) is 24.5 Å². The van der Waals surface area contributed by atoms with Gasteiger partial charge >= 0.3 is 0 Å². The molecule has 0 bridgehead atoms. The van der Waals surface area contributed by atoms with E-state index < -0.39 is 23.3 Å². The Labute approximate surface area is 218 Å². The van der Waals surface area contributed by atoms with Gasteiger partial charge in [-0.1, -0.05) is 43.3 Å². The molecule has 2 atom stereocenters. The van der Waals surface area contributed by atoms with Crippen molar-refractivity contribution in [1.29, 1.82) is 0 Å². The molecule has 1 aliphatic heterocycles. The number of aromatic amines is 1. The van der Waals surface area contributed by atoms with Gasteiger partial charge in [0.1, 0.15) is 11.4 Å². The van der Waals surface area contributed by atoms with Crippen LogP contribution < -0.4 is 10.5 Å². The highest BCUT2D eigenvalue weighted by Gasteiger charge is 2.50. The molecule has 1 unspecified atom stereocenters. The molecule has 2 amide bonds. The molecule has 4 rings (SSSR count). The van der Waals surface area contributed by atoms with Gasteiger partial charge in [0.25, 0.3) is 0 Å². The summed E-state index contributed by atoms with van der Waals surface area (Å²) in [6.07, 6.45) is 4.80. The topological polar surface area (TPSA) is 111 Å². The highest BCUT2D eigenvalue weighted by molar-refractivity contribution is 5.88. The van der Waals surface area contributed by atoms with Crippen molar-refractivity contribution in [3.63, 3.8) is 0 Å². The number of nitrogens with two attached hydrogens (primary N) is 1. The summed E-state index contributed by atoms with van der Waals surface area (Å²) in [5.41, 5.74) is 9.28. The number of carbonyl (C=O) groups excluding carboxylic acids is 2. The van der Waals surface area contributed by atoms with E-state index >= 15 is 0 Å². The maximum atomic E-state index is 14.0. The number of imidazole rings is 1. The molecular formula is C29H36N4O4. The third-order valence-corrected chi connectivity index (χ3v) is 7.20. The first-order chi connectivity index (χ1) is 17.9. The number of hydrogen-bond acceptors (Lipinski definition) is 5. The van der Waals surface area contributed by atoms with Crippen LogP contribution in [-0.4, -0.2) is 53.5 Å².